The van der Waals surface area contributed by atoms with Crippen LogP contribution < -0.4 is 5.32 Å². The second kappa shape index (κ2) is 9.37. The van der Waals surface area contributed by atoms with Gasteiger partial charge in [0.05, 0.1) is 23.5 Å². The van der Waals surface area contributed by atoms with Crippen LogP contribution >= 0.6 is 0 Å². The number of hydrogen-bond acceptors (Lipinski definition) is 3. The fourth-order valence-electron chi connectivity index (χ4n) is 4.38. The molecule has 1 aliphatic carbocycles. The molecule has 1 aromatic carbocycles. The molecule has 1 fully saturated rings. The Labute approximate surface area is 194 Å². The highest BCUT2D eigenvalue weighted by molar-refractivity contribution is 6.03. The average molecular weight is 469 g/mol. The summed E-state index contributed by atoms with van der Waals surface area (Å²) < 4.78 is 54.5. The molecule has 2 aromatic heterocycles. The van der Waals surface area contributed by atoms with Crippen molar-refractivity contribution < 1.29 is 22.4 Å². The minimum absolute atomic E-state index is 0.0504. The number of alkyl halides is 3. The van der Waals surface area contributed by atoms with E-state index < -0.39 is 29.7 Å². The number of anilines is 1. The zero-order valence-corrected chi connectivity index (χ0v) is 18.5. The van der Waals surface area contributed by atoms with Gasteiger partial charge < -0.3 is 5.32 Å². The Balaban J connectivity index is 1.60. The van der Waals surface area contributed by atoms with Crippen molar-refractivity contribution in [3.8, 4) is 11.3 Å². The van der Waals surface area contributed by atoms with Crippen LogP contribution in [0, 0.1) is 18.7 Å². The first-order valence-corrected chi connectivity index (χ1v) is 10.8. The quantitative estimate of drug-likeness (QED) is 0.336. The standard InChI is InChI=1S/C26H23F4N3O/c1-15-6-7-21(27)20(12-15)22-4-3-5-23(32-22)25(34)33-24-14-31-9-8-19(24)17-10-16(2)11-18(13-17)26(28,29)30/h3-9,12,14,17-18H,2,10-11,13H2,1H3,(H,33,34)/t17-,18+/m0/s1. The first-order valence-electron chi connectivity index (χ1n) is 10.8. The van der Waals surface area contributed by atoms with Crippen LogP contribution in [0.3, 0.4) is 0 Å². The first-order chi connectivity index (χ1) is 16.1. The van der Waals surface area contributed by atoms with Crippen LogP contribution in [-0.4, -0.2) is 22.1 Å². The molecule has 1 N–H and O–H groups in total. The lowest BCUT2D eigenvalue weighted by atomic mass is 9.75. The fraction of sp³-hybridized carbons (Fsp3) is 0.269. The van der Waals surface area contributed by atoms with E-state index in [0.29, 0.717) is 28.9 Å². The van der Waals surface area contributed by atoms with Crippen LogP contribution in [0.1, 0.15) is 46.8 Å². The summed E-state index contributed by atoms with van der Waals surface area (Å²) in [6.07, 6.45) is -1.18. The number of aryl methyl sites for hydroxylation is 1. The molecule has 0 unspecified atom stereocenters. The highest BCUT2D eigenvalue weighted by atomic mass is 19.4. The Hall–Kier alpha value is -3.55. The Morgan fingerprint density at radius 2 is 1.94 bits per heavy atom. The van der Waals surface area contributed by atoms with E-state index in [0.717, 1.165) is 5.56 Å². The van der Waals surface area contributed by atoms with E-state index in [2.05, 4.69) is 21.9 Å². The summed E-state index contributed by atoms with van der Waals surface area (Å²) in [6.45, 7) is 5.63. The number of rotatable bonds is 4. The first kappa shape index (κ1) is 23.6. The van der Waals surface area contributed by atoms with Gasteiger partial charge in [0.25, 0.3) is 5.91 Å². The summed E-state index contributed by atoms with van der Waals surface area (Å²) >= 11 is 0. The Morgan fingerprint density at radius 1 is 1.15 bits per heavy atom. The number of halogens is 4. The van der Waals surface area contributed by atoms with Crippen molar-refractivity contribution in [3.05, 3.63) is 89.6 Å². The molecule has 0 saturated heterocycles. The Kier molecular flexibility index (Phi) is 6.50. The normalized spacial score (nSPS) is 18.6. The van der Waals surface area contributed by atoms with Gasteiger partial charge in [-0.05, 0) is 68.0 Å². The van der Waals surface area contributed by atoms with Crippen LogP contribution in [0.25, 0.3) is 11.3 Å². The molecule has 176 valence electrons. The van der Waals surface area contributed by atoms with Crippen molar-refractivity contribution in [2.24, 2.45) is 5.92 Å². The van der Waals surface area contributed by atoms with E-state index in [-0.39, 0.29) is 24.1 Å². The van der Waals surface area contributed by atoms with Gasteiger partial charge in [0.1, 0.15) is 11.5 Å². The van der Waals surface area contributed by atoms with Gasteiger partial charge in [-0.25, -0.2) is 9.37 Å². The van der Waals surface area contributed by atoms with E-state index in [4.69, 9.17) is 0 Å². The predicted molar refractivity (Wildman–Crippen MR) is 122 cm³/mol. The summed E-state index contributed by atoms with van der Waals surface area (Å²) in [7, 11) is 0. The van der Waals surface area contributed by atoms with Gasteiger partial charge in [-0.2, -0.15) is 13.2 Å². The topological polar surface area (TPSA) is 54.9 Å². The molecule has 0 spiro atoms. The SMILES string of the molecule is C=C1C[C@H](c2ccncc2NC(=O)c2cccc(-c3cc(C)ccc3F)n2)C[C@H](C(F)(F)F)C1. The van der Waals surface area contributed by atoms with Crippen LogP contribution in [0.5, 0.6) is 0 Å². The van der Waals surface area contributed by atoms with E-state index in [1.54, 1.807) is 30.3 Å². The van der Waals surface area contributed by atoms with E-state index in [1.807, 2.05) is 6.92 Å². The Bertz CT molecular complexity index is 1240. The van der Waals surface area contributed by atoms with Crippen molar-refractivity contribution in [1.82, 2.24) is 9.97 Å². The number of benzene rings is 1. The maximum atomic E-state index is 14.3. The van der Waals surface area contributed by atoms with Gasteiger partial charge in [-0.15, -0.1) is 0 Å². The molecule has 1 amide bonds. The fourth-order valence-corrected chi connectivity index (χ4v) is 4.38. The lowest BCUT2D eigenvalue weighted by Crippen LogP contribution is -2.29. The van der Waals surface area contributed by atoms with E-state index >= 15 is 0 Å². The molecule has 8 heteroatoms. The number of hydrogen-bond donors (Lipinski definition) is 1. The molecular formula is C26H23F4N3O. The molecule has 0 radical (unpaired) electrons. The smallest absolute Gasteiger partial charge is 0.319 e. The second-order valence-corrected chi connectivity index (χ2v) is 8.64. The lowest BCUT2D eigenvalue weighted by Gasteiger charge is -2.33. The highest BCUT2D eigenvalue weighted by Crippen LogP contribution is 2.46. The molecule has 4 nitrogen and oxygen atoms in total. The number of aromatic nitrogens is 2. The molecule has 34 heavy (non-hydrogen) atoms. The van der Waals surface area contributed by atoms with Crippen LogP contribution in [0.15, 0.2) is 67.0 Å². The summed E-state index contributed by atoms with van der Waals surface area (Å²) in [6, 6.07) is 10.9. The molecular weight excluding hydrogens is 446 g/mol. The minimum Gasteiger partial charge on any atom is -0.319 e. The number of carbonyl (C=O) groups is 1. The maximum absolute atomic E-state index is 14.3. The van der Waals surface area contributed by atoms with Gasteiger partial charge in [0.15, 0.2) is 0 Å². The number of pyridine rings is 2. The van der Waals surface area contributed by atoms with Crippen LogP contribution in [-0.2, 0) is 0 Å². The number of allylic oxidation sites excluding steroid dienone is 1. The number of amides is 1. The van der Waals surface area contributed by atoms with Crippen molar-refractivity contribution in [2.75, 3.05) is 5.32 Å². The summed E-state index contributed by atoms with van der Waals surface area (Å²) in [5.41, 5.74) is 2.89. The third-order valence-corrected chi connectivity index (χ3v) is 6.02. The third-order valence-electron chi connectivity index (χ3n) is 6.02. The monoisotopic (exact) mass is 469 g/mol. The summed E-state index contributed by atoms with van der Waals surface area (Å²) in [5, 5.41) is 2.73. The van der Waals surface area contributed by atoms with E-state index in [9.17, 15) is 22.4 Å². The summed E-state index contributed by atoms with van der Waals surface area (Å²) in [5.74, 6) is -2.95. The highest BCUT2D eigenvalue weighted by Gasteiger charge is 2.43. The van der Waals surface area contributed by atoms with E-state index in [1.165, 1.54) is 24.5 Å². The number of nitrogens with one attached hydrogen (secondary N) is 1. The molecule has 4 rings (SSSR count). The zero-order chi connectivity index (χ0) is 24.5. The lowest BCUT2D eigenvalue weighted by molar-refractivity contribution is -0.179. The summed E-state index contributed by atoms with van der Waals surface area (Å²) in [4.78, 5) is 21.3. The van der Waals surface area contributed by atoms with Crippen molar-refractivity contribution >= 4 is 11.6 Å². The van der Waals surface area contributed by atoms with Crippen molar-refractivity contribution in [2.45, 2.75) is 38.3 Å². The average Bonchev–Trinajstić information content (AvgIpc) is 2.80. The third kappa shape index (κ3) is 5.16. The van der Waals surface area contributed by atoms with Gasteiger partial charge in [0.2, 0.25) is 0 Å². The number of carbonyl (C=O) groups excluding carboxylic acids is 1. The Morgan fingerprint density at radius 3 is 2.71 bits per heavy atom. The molecule has 0 aliphatic heterocycles. The van der Waals surface area contributed by atoms with Crippen molar-refractivity contribution in [3.63, 3.8) is 0 Å². The van der Waals surface area contributed by atoms with Gasteiger partial charge in [-0.3, -0.25) is 9.78 Å². The molecule has 0 bridgehead atoms. The van der Waals surface area contributed by atoms with Crippen LogP contribution in [0.2, 0.25) is 0 Å². The molecule has 2 heterocycles. The minimum atomic E-state index is -4.31. The molecule has 1 aliphatic rings. The number of nitrogens with zero attached hydrogens (tertiary/aromatic N) is 2. The van der Waals surface area contributed by atoms with Gasteiger partial charge in [0, 0.05) is 11.8 Å². The predicted octanol–water partition coefficient (Wildman–Crippen LogP) is 6.85. The molecule has 3 aromatic rings. The second-order valence-electron chi connectivity index (χ2n) is 8.64. The maximum Gasteiger partial charge on any atom is 0.392 e. The van der Waals surface area contributed by atoms with Crippen molar-refractivity contribution in [1.29, 1.82) is 0 Å². The molecule has 1 saturated carbocycles. The van der Waals surface area contributed by atoms with Gasteiger partial charge >= 0.3 is 6.18 Å². The van der Waals surface area contributed by atoms with Gasteiger partial charge in [-0.1, -0.05) is 29.8 Å². The largest absolute Gasteiger partial charge is 0.392 e. The van der Waals surface area contributed by atoms with Crippen LogP contribution in [0.4, 0.5) is 23.2 Å². The zero-order valence-electron chi connectivity index (χ0n) is 18.5. The molecule has 2 atom stereocenters.